The highest BCUT2D eigenvalue weighted by Crippen LogP contribution is 2.26. The fourth-order valence-corrected chi connectivity index (χ4v) is 1.12. The van der Waals surface area contributed by atoms with Crippen LogP contribution in [0.3, 0.4) is 0 Å². The van der Waals surface area contributed by atoms with Gasteiger partial charge in [0.15, 0.2) is 0 Å². The minimum atomic E-state index is -0.612. The Morgan fingerprint density at radius 2 is 2.27 bits per heavy atom. The molecule has 0 spiro atoms. The van der Waals surface area contributed by atoms with E-state index in [1.807, 2.05) is 13.8 Å². The molecule has 0 aliphatic heterocycles. The molecular formula is C10H14N2O3. The molecule has 0 saturated heterocycles. The number of rotatable bonds is 2. The zero-order valence-corrected chi connectivity index (χ0v) is 8.94. The Kier molecular flexibility index (Phi) is 3.49. The van der Waals surface area contributed by atoms with Crippen molar-refractivity contribution < 1.29 is 14.6 Å². The third-order valence-electron chi connectivity index (χ3n) is 1.95. The predicted molar refractivity (Wildman–Crippen MR) is 56.0 cm³/mol. The zero-order valence-electron chi connectivity index (χ0n) is 8.94. The van der Waals surface area contributed by atoms with Crippen LogP contribution in [-0.4, -0.2) is 23.3 Å². The molecule has 15 heavy (non-hydrogen) atoms. The molecule has 1 aromatic rings. The third-order valence-corrected chi connectivity index (χ3v) is 1.95. The number of aromatic nitrogens is 1. The van der Waals surface area contributed by atoms with Crippen LogP contribution < -0.4 is 5.32 Å². The summed E-state index contributed by atoms with van der Waals surface area (Å²) in [6.45, 7) is 3.90. The molecular weight excluding hydrogens is 196 g/mol. The Morgan fingerprint density at radius 3 is 2.73 bits per heavy atom. The van der Waals surface area contributed by atoms with Crippen molar-refractivity contribution in [2.75, 3.05) is 12.4 Å². The second-order valence-corrected chi connectivity index (χ2v) is 3.40. The molecule has 0 bridgehead atoms. The van der Waals surface area contributed by atoms with E-state index < -0.39 is 6.09 Å². The van der Waals surface area contributed by atoms with Gasteiger partial charge in [0.05, 0.1) is 7.11 Å². The van der Waals surface area contributed by atoms with Gasteiger partial charge in [0, 0.05) is 17.8 Å². The van der Waals surface area contributed by atoms with Gasteiger partial charge in [0.2, 0.25) is 0 Å². The molecule has 0 radical (unpaired) electrons. The number of methoxy groups -OCH3 is 1. The van der Waals surface area contributed by atoms with Crippen LogP contribution in [0.15, 0.2) is 12.3 Å². The average molecular weight is 210 g/mol. The first-order chi connectivity index (χ1) is 7.04. The SMILES string of the molecule is COC(=O)Nc1cc(O)c(C(C)C)cn1. The lowest BCUT2D eigenvalue weighted by Crippen LogP contribution is -2.12. The van der Waals surface area contributed by atoms with Gasteiger partial charge >= 0.3 is 6.09 Å². The zero-order chi connectivity index (χ0) is 11.4. The van der Waals surface area contributed by atoms with Crippen LogP contribution in [0, 0.1) is 0 Å². The maximum Gasteiger partial charge on any atom is 0.412 e. The first kappa shape index (κ1) is 11.3. The van der Waals surface area contributed by atoms with Crippen LogP contribution >= 0.6 is 0 Å². The molecule has 5 heteroatoms. The predicted octanol–water partition coefficient (Wildman–Crippen LogP) is 2.09. The summed E-state index contributed by atoms with van der Waals surface area (Å²) in [6, 6.07) is 1.40. The lowest BCUT2D eigenvalue weighted by atomic mass is 10.1. The number of aromatic hydroxyl groups is 1. The Labute approximate surface area is 88.1 Å². The van der Waals surface area contributed by atoms with E-state index in [4.69, 9.17) is 0 Å². The number of hydrogen-bond donors (Lipinski definition) is 2. The van der Waals surface area contributed by atoms with Crippen molar-refractivity contribution in [1.82, 2.24) is 4.98 Å². The van der Waals surface area contributed by atoms with E-state index in [-0.39, 0.29) is 17.5 Å². The summed E-state index contributed by atoms with van der Waals surface area (Å²) in [7, 11) is 1.26. The first-order valence-corrected chi connectivity index (χ1v) is 4.58. The van der Waals surface area contributed by atoms with Crippen LogP contribution in [0.5, 0.6) is 5.75 Å². The van der Waals surface area contributed by atoms with Gasteiger partial charge in [-0.1, -0.05) is 13.8 Å². The number of hydrogen-bond acceptors (Lipinski definition) is 4. The summed E-state index contributed by atoms with van der Waals surface area (Å²) in [5.41, 5.74) is 0.741. The normalized spacial score (nSPS) is 10.1. The maximum atomic E-state index is 10.9. The van der Waals surface area contributed by atoms with Crippen molar-refractivity contribution in [3.05, 3.63) is 17.8 Å². The van der Waals surface area contributed by atoms with E-state index in [1.54, 1.807) is 0 Å². The monoisotopic (exact) mass is 210 g/mol. The quantitative estimate of drug-likeness (QED) is 0.784. The van der Waals surface area contributed by atoms with Crippen molar-refractivity contribution in [2.45, 2.75) is 19.8 Å². The summed E-state index contributed by atoms with van der Waals surface area (Å²) in [5, 5.41) is 12.0. The molecule has 1 rings (SSSR count). The largest absolute Gasteiger partial charge is 0.507 e. The van der Waals surface area contributed by atoms with Gasteiger partial charge in [-0.3, -0.25) is 5.32 Å². The summed E-state index contributed by atoms with van der Waals surface area (Å²) < 4.78 is 4.40. The number of nitrogens with zero attached hydrogens (tertiary/aromatic N) is 1. The Morgan fingerprint density at radius 1 is 1.60 bits per heavy atom. The minimum Gasteiger partial charge on any atom is -0.507 e. The molecule has 0 fully saturated rings. The Bertz CT molecular complexity index is 364. The van der Waals surface area contributed by atoms with Gasteiger partial charge in [-0.05, 0) is 5.92 Å². The topological polar surface area (TPSA) is 71.5 Å². The fraction of sp³-hybridized carbons (Fsp3) is 0.400. The summed E-state index contributed by atoms with van der Waals surface area (Å²) in [4.78, 5) is 14.8. The third kappa shape index (κ3) is 2.83. The van der Waals surface area contributed by atoms with Gasteiger partial charge in [-0.2, -0.15) is 0 Å². The Balaban J connectivity index is 2.87. The van der Waals surface area contributed by atoms with Crippen LogP contribution in [-0.2, 0) is 4.74 Å². The molecule has 1 aromatic heterocycles. The molecule has 82 valence electrons. The van der Waals surface area contributed by atoms with Crippen molar-refractivity contribution in [3.63, 3.8) is 0 Å². The fourth-order valence-electron chi connectivity index (χ4n) is 1.12. The summed E-state index contributed by atoms with van der Waals surface area (Å²) >= 11 is 0. The second kappa shape index (κ2) is 4.63. The molecule has 0 atom stereocenters. The summed E-state index contributed by atoms with van der Waals surface area (Å²) in [5.74, 6) is 0.569. The number of carbonyl (C=O) groups is 1. The van der Waals surface area contributed by atoms with E-state index in [0.717, 1.165) is 5.56 Å². The molecule has 5 nitrogen and oxygen atoms in total. The summed E-state index contributed by atoms with van der Waals surface area (Å²) in [6.07, 6.45) is 0.921. The van der Waals surface area contributed by atoms with Gasteiger partial charge in [-0.25, -0.2) is 9.78 Å². The van der Waals surface area contributed by atoms with Crippen LogP contribution in [0.4, 0.5) is 10.6 Å². The molecule has 1 amide bonds. The van der Waals surface area contributed by atoms with Crippen molar-refractivity contribution in [1.29, 1.82) is 0 Å². The van der Waals surface area contributed by atoms with Gasteiger partial charge < -0.3 is 9.84 Å². The molecule has 0 saturated carbocycles. The second-order valence-electron chi connectivity index (χ2n) is 3.40. The lowest BCUT2D eigenvalue weighted by Gasteiger charge is -2.09. The molecule has 0 aliphatic rings. The Hall–Kier alpha value is -1.78. The molecule has 1 heterocycles. The lowest BCUT2D eigenvalue weighted by molar-refractivity contribution is 0.187. The number of amides is 1. The van der Waals surface area contributed by atoms with Crippen molar-refractivity contribution in [2.24, 2.45) is 0 Å². The van der Waals surface area contributed by atoms with Crippen LogP contribution in [0.1, 0.15) is 25.3 Å². The number of carbonyl (C=O) groups excluding carboxylic acids is 1. The average Bonchev–Trinajstić information content (AvgIpc) is 2.17. The van der Waals surface area contributed by atoms with Gasteiger partial charge in [-0.15, -0.1) is 0 Å². The molecule has 2 N–H and O–H groups in total. The molecule has 0 unspecified atom stereocenters. The van der Waals surface area contributed by atoms with Crippen LogP contribution in [0.2, 0.25) is 0 Å². The van der Waals surface area contributed by atoms with Gasteiger partial charge in [0.25, 0.3) is 0 Å². The van der Waals surface area contributed by atoms with Crippen LogP contribution in [0.25, 0.3) is 0 Å². The highest BCUT2D eigenvalue weighted by atomic mass is 16.5. The minimum absolute atomic E-state index is 0.117. The van der Waals surface area contributed by atoms with E-state index in [1.165, 1.54) is 19.4 Å². The van der Waals surface area contributed by atoms with E-state index in [0.29, 0.717) is 0 Å². The highest BCUT2D eigenvalue weighted by molar-refractivity contribution is 5.83. The smallest absolute Gasteiger partial charge is 0.412 e. The number of ether oxygens (including phenoxy) is 1. The maximum absolute atomic E-state index is 10.9. The van der Waals surface area contributed by atoms with Gasteiger partial charge in [0.1, 0.15) is 11.6 Å². The number of anilines is 1. The van der Waals surface area contributed by atoms with E-state index >= 15 is 0 Å². The first-order valence-electron chi connectivity index (χ1n) is 4.58. The molecule has 0 aliphatic carbocycles. The molecule has 0 aromatic carbocycles. The van der Waals surface area contributed by atoms with Crippen molar-refractivity contribution >= 4 is 11.9 Å². The van der Waals surface area contributed by atoms with E-state index in [9.17, 15) is 9.90 Å². The number of pyridine rings is 1. The highest BCUT2D eigenvalue weighted by Gasteiger charge is 2.09. The number of nitrogens with one attached hydrogen (secondary N) is 1. The standard InChI is InChI=1S/C10H14N2O3/c1-6(2)7-5-11-9(4-8(7)13)12-10(14)15-3/h4-6H,1-3H3,(H2,11,12,13,14). The van der Waals surface area contributed by atoms with E-state index in [2.05, 4.69) is 15.0 Å². The van der Waals surface area contributed by atoms with Crippen molar-refractivity contribution in [3.8, 4) is 5.75 Å².